The van der Waals surface area contributed by atoms with Crippen molar-refractivity contribution in [3.8, 4) is 0 Å². The Hall–Kier alpha value is -0.120. The van der Waals surface area contributed by atoms with E-state index in [-0.39, 0.29) is 0 Å². The highest BCUT2D eigenvalue weighted by molar-refractivity contribution is 4.97. The molecule has 2 saturated heterocycles. The molecule has 100 valence electrons. The van der Waals surface area contributed by atoms with Gasteiger partial charge in [-0.15, -0.1) is 0 Å². The Morgan fingerprint density at radius 1 is 1.06 bits per heavy atom. The summed E-state index contributed by atoms with van der Waals surface area (Å²) in [5, 5.41) is 0. The highest BCUT2D eigenvalue weighted by Crippen LogP contribution is 2.31. The fraction of sp³-hybridized carbons (Fsp3) is 1.00. The molecule has 3 heteroatoms. The summed E-state index contributed by atoms with van der Waals surface area (Å²) in [4.78, 5) is 5.30. The van der Waals surface area contributed by atoms with Gasteiger partial charge in [0.1, 0.15) is 0 Å². The molecule has 0 aromatic rings. The van der Waals surface area contributed by atoms with E-state index in [1.807, 2.05) is 0 Å². The van der Waals surface area contributed by atoms with E-state index in [4.69, 9.17) is 5.73 Å². The van der Waals surface area contributed by atoms with Gasteiger partial charge in [0, 0.05) is 18.6 Å². The molecule has 0 saturated carbocycles. The molecule has 0 bridgehead atoms. The Morgan fingerprint density at radius 3 is 2.12 bits per heavy atom. The lowest BCUT2D eigenvalue weighted by Crippen LogP contribution is -2.58. The first-order chi connectivity index (χ1) is 8.16. The predicted octanol–water partition coefficient (Wildman–Crippen LogP) is 1.53. The lowest BCUT2D eigenvalue weighted by molar-refractivity contribution is 0.0399. The Labute approximate surface area is 106 Å². The Morgan fingerprint density at radius 2 is 1.65 bits per heavy atom. The van der Waals surface area contributed by atoms with Crippen molar-refractivity contribution in [1.29, 1.82) is 0 Å². The first-order valence-electron chi connectivity index (χ1n) is 7.34. The molecule has 2 aliphatic heterocycles. The van der Waals surface area contributed by atoms with E-state index in [2.05, 4.69) is 23.6 Å². The van der Waals surface area contributed by atoms with Crippen molar-refractivity contribution in [3.63, 3.8) is 0 Å². The van der Waals surface area contributed by atoms with Gasteiger partial charge in [0.15, 0.2) is 0 Å². The van der Waals surface area contributed by atoms with Crippen LogP contribution >= 0.6 is 0 Å². The first kappa shape index (κ1) is 13.3. The summed E-state index contributed by atoms with van der Waals surface area (Å²) < 4.78 is 0. The number of nitrogens with two attached hydrogens (primary N) is 1. The molecule has 0 aromatic carbocycles. The second kappa shape index (κ2) is 5.68. The van der Waals surface area contributed by atoms with Crippen LogP contribution < -0.4 is 5.73 Å². The van der Waals surface area contributed by atoms with Crippen LogP contribution in [0.2, 0.25) is 0 Å². The van der Waals surface area contributed by atoms with E-state index in [9.17, 15) is 0 Å². The van der Waals surface area contributed by atoms with Crippen LogP contribution in [0.1, 0.15) is 39.5 Å². The lowest BCUT2D eigenvalue weighted by atomic mass is 9.85. The molecule has 0 unspecified atom stereocenters. The fourth-order valence-corrected chi connectivity index (χ4v) is 3.51. The second-order valence-electron chi connectivity index (χ2n) is 6.32. The SMILES string of the molecule is CC(C)CN1CCC(CN)(N2CCCC2)CC1. The predicted molar refractivity (Wildman–Crippen MR) is 73.1 cm³/mol. The molecule has 0 atom stereocenters. The van der Waals surface area contributed by atoms with Crippen LogP contribution in [0.25, 0.3) is 0 Å². The third-order valence-electron chi connectivity index (χ3n) is 4.57. The zero-order chi connectivity index (χ0) is 12.3. The van der Waals surface area contributed by atoms with Gasteiger partial charge in [-0.2, -0.15) is 0 Å². The zero-order valence-electron chi connectivity index (χ0n) is 11.6. The first-order valence-corrected chi connectivity index (χ1v) is 7.34. The van der Waals surface area contributed by atoms with Crippen molar-refractivity contribution in [1.82, 2.24) is 9.80 Å². The van der Waals surface area contributed by atoms with Crippen LogP contribution in [0.15, 0.2) is 0 Å². The number of likely N-dealkylation sites (tertiary alicyclic amines) is 2. The van der Waals surface area contributed by atoms with Crippen LogP contribution in [-0.4, -0.2) is 54.6 Å². The number of hydrogen-bond acceptors (Lipinski definition) is 3. The van der Waals surface area contributed by atoms with Crippen molar-refractivity contribution in [2.75, 3.05) is 39.3 Å². The normalized spacial score (nSPS) is 26.8. The molecule has 0 aromatic heterocycles. The summed E-state index contributed by atoms with van der Waals surface area (Å²) >= 11 is 0. The maximum atomic E-state index is 6.10. The van der Waals surface area contributed by atoms with Crippen LogP contribution in [0, 0.1) is 5.92 Å². The standard InChI is InChI=1S/C14H29N3/c1-13(2)11-16-9-5-14(12-15,6-10-16)17-7-3-4-8-17/h13H,3-12,15H2,1-2H3. The van der Waals surface area contributed by atoms with Gasteiger partial charge < -0.3 is 10.6 Å². The van der Waals surface area contributed by atoms with Gasteiger partial charge in [-0.05, 0) is 57.8 Å². The van der Waals surface area contributed by atoms with E-state index in [0.717, 1.165) is 12.5 Å². The molecule has 0 amide bonds. The minimum Gasteiger partial charge on any atom is -0.329 e. The van der Waals surface area contributed by atoms with Gasteiger partial charge in [-0.3, -0.25) is 4.90 Å². The maximum absolute atomic E-state index is 6.10. The average molecular weight is 239 g/mol. The molecule has 17 heavy (non-hydrogen) atoms. The Balaban J connectivity index is 1.89. The lowest BCUT2D eigenvalue weighted by Gasteiger charge is -2.47. The van der Waals surface area contributed by atoms with E-state index in [1.165, 1.54) is 58.4 Å². The van der Waals surface area contributed by atoms with Gasteiger partial charge in [0.2, 0.25) is 0 Å². The maximum Gasteiger partial charge on any atom is 0.0356 e. The Bertz CT molecular complexity index is 226. The topological polar surface area (TPSA) is 32.5 Å². The minimum absolute atomic E-state index is 0.337. The summed E-state index contributed by atoms with van der Waals surface area (Å²) in [5.41, 5.74) is 6.44. The van der Waals surface area contributed by atoms with Crippen molar-refractivity contribution in [2.45, 2.75) is 45.1 Å². The monoisotopic (exact) mass is 239 g/mol. The van der Waals surface area contributed by atoms with Crippen molar-refractivity contribution < 1.29 is 0 Å². The molecule has 2 N–H and O–H groups in total. The van der Waals surface area contributed by atoms with Crippen LogP contribution in [0.5, 0.6) is 0 Å². The molecule has 0 aliphatic carbocycles. The van der Waals surface area contributed by atoms with Crippen LogP contribution in [0.3, 0.4) is 0 Å². The third kappa shape index (κ3) is 3.01. The van der Waals surface area contributed by atoms with E-state index < -0.39 is 0 Å². The largest absolute Gasteiger partial charge is 0.329 e. The number of rotatable bonds is 4. The van der Waals surface area contributed by atoms with Gasteiger partial charge >= 0.3 is 0 Å². The fourth-order valence-electron chi connectivity index (χ4n) is 3.51. The molecule has 2 heterocycles. The number of nitrogens with zero attached hydrogens (tertiary/aromatic N) is 2. The highest BCUT2D eigenvalue weighted by Gasteiger charge is 2.39. The molecular formula is C14H29N3. The van der Waals surface area contributed by atoms with E-state index in [0.29, 0.717) is 5.54 Å². The minimum atomic E-state index is 0.337. The molecule has 2 fully saturated rings. The molecule has 3 nitrogen and oxygen atoms in total. The Kier molecular flexibility index (Phi) is 4.45. The summed E-state index contributed by atoms with van der Waals surface area (Å²) in [6, 6.07) is 0. The van der Waals surface area contributed by atoms with Gasteiger partial charge in [0.25, 0.3) is 0 Å². The average Bonchev–Trinajstić information content (AvgIpc) is 2.84. The van der Waals surface area contributed by atoms with Crippen molar-refractivity contribution >= 4 is 0 Å². The van der Waals surface area contributed by atoms with Crippen molar-refractivity contribution in [3.05, 3.63) is 0 Å². The number of piperidine rings is 1. The third-order valence-corrected chi connectivity index (χ3v) is 4.57. The molecule has 2 aliphatic rings. The van der Waals surface area contributed by atoms with E-state index >= 15 is 0 Å². The molecule has 0 radical (unpaired) electrons. The highest BCUT2D eigenvalue weighted by atomic mass is 15.3. The molecule has 2 rings (SSSR count). The zero-order valence-corrected chi connectivity index (χ0v) is 11.6. The van der Waals surface area contributed by atoms with Gasteiger partial charge in [-0.1, -0.05) is 13.8 Å². The summed E-state index contributed by atoms with van der Waals surface area (Å²) in [6.07, 6.45) is 5.29. The smallest absolute Gasteiger partial charge is 0.0356 e. The van der Waals surface area contributed by atoms with Crippen LogP contribution in [-0.2, 0) is 0 Å². The second-order valence-corrected chi connectivity index (χ2v) is 6.32. The quantitative estimate of drug-likeness (QED) is 0.807. The molecule has 0 spiro atoms. The van der Waals surface area contributed by atoms with Gasteiger partial charge in [-0.25, -0.2) is 0 Å². The summed E-state index contributed by atoms with van der Waals surface area (Å²) in [6.45, 7) is 11.8. The summed E-state index contributed by atoms with van der Waals surface area (Å²) in [7, 11) is 0. The van der Waals surface area contributed by atoms with E-state index in [1.54, 1.807) is 0 Å². The van der Waals surface area contributed by atoms with Crippen molar-refractivity contribution in [2.24, 2.45) is 11.7 Å². The van der Waals surface area contributed by atoms with Crippen LogP contribution in [0.4, 0.5) is 0 Å². The van der Waals surface area contributed by atoms with Gasteiger partial charge in [0.05, 0.1) is 0 Å². The number of hydrogen-bond donors (Lipinski definition) is 1. The molecular weight excluding hydrogens is 210 g/mol. The summed E-state index contributed by atoms with van der Waals surface area (Å²) in [5.74, 6) is 0.784.